The van der Waals surface area contributed by atoms with Crippen molar-refractivity contribution in [1.82, 2.24) is 0 Å². The van der Waals surface area contributed by atoms with Crippen molar-refractivity contribution in [3.05, 3.63) is 107 Å². The molecule has 154 valence electrons. The first kappa shape index (κ1) is 20.2. The largest absolute Gasteiger partial charge is 0.423 e. The number of nitro benzene ring substituents is 1. The van der Waals surface area contributed by atoms with Crippen LogP contribution in [-0.4, -0.2) is 19.3 Å². The summed E-state index contributed by atoms with van der Waals surface area (Å²) in [5, 5.41) is 12.4. The Hall–Kier alpha value is -4.04. The molecule has 0 heterocycles. The Kier molecular flexibility index (Phi) is 5.22. The van der Waals surface area contributed by atoms with Gasteiger partial charge in [-0.05, 0) is 59.3 Å². The second-order valence-corrected chi connectivity index (χ2v) is 8.63. The lowest BCUT2D eigenvalue weighted by Gasteiger charge is -2.08. The molecule has 0 saturated carbocycles. The molecule has 0 saturated heterocycles. The smallest absolute Gasteiger partial charge is 0.343 e. The molecule has 0 aromatic heterocycles. The van der Waals surface area contributed by atoms with Crippen molar-refractivity contribution in [3.8, 4) is 5.75 Å². The fraction of sp³-hybridized carbons (Fsp3) is 0. The molecule has 0 spiro atoms. The number of sulfone groups is 1. The number of esters is 1. The molecule has 0 aliphatic carbocycles. The maximum Gasteiger partial charge on any atom is 0.343 e. The van der Waals surface area contributed by atoms with Crippen LogP contribution in [0.25, 0.3) is 10.8 Å². The Bertz CT molecular complexity index is 1390. The van der Waals surface area contributed by atoms with E-state index in [1.54, 1.807) is 18.2 Å². The number of non-ortho nitro benzene ring substituents is 1. The first-order valence-corrected chi connectivity index (χ1v) is 10.6. The molecule has 0 N–H and O–H groups in total. The SMILES string of the molecule is O=C(Oc1ccc(S(=O)(=O)c2ccc3ccccc3c2)cc1)c1ccc([N+](=O)[O-])cc1. The van der Waals surface area contributed by atoms with Gasteiger partial charge in [0.25, 0.3) is 5.69 Å². The number of carbonyl (C=O) groups excluding carboxylic acids is 1. The monoisotopic (exact) mass is 433 g/mol. The van der Waals surface area contributed by atoms with Crippen molar-refractivity contribution in [2.24, 2.45) is 0 Å². The predicted molar refractivity (Wildman–Crippen MR) is 114 cm³/mol. The van der Waals surface area contributed by atoms with E-state index in [9.17, 15) is 23.3 Å². The second-order valence-electron chi connectivity index (χ2n) is 6.68. The lowest BCUT2D eigenvalue weighted by atomic mass is 10.1. The molecule has 7 nitrogen and oxygen atoms in total. The maximum absolute atomic E-state index is 13.0. The number of fused-ring (bicyclic) bond motifs is 1. The van der Waals surface area contributed by atoms with Crippen LogP contribution in [0.5, 0.6) is 5.75 Å². The average Bonchev–Trinajstić information content (AvgIpc) is 2.79. The number of carbonyl (C=O) groups is 1. The minimum Gasteiger partial charge on any atom is -0.423 e. The fourth-order valence-electron chi connectivity index (χ4n) is 3.04. The van der Waals surface area contributed by atoms with Gasteiger partial charge in [-0.1, -0.05) is 30.3 Å². The van der Waals surface area contributed by atoms with E-state index in [2.05, 4.69) is 0 Å². The zero-order chi connectivity index (χ0) is 22.0. The van der Waals surface area contributed by atoms with Gasteiger partial charge in [-0.15, -0.1) is 0 Å². The van der Waals surface area contributed by atoms with Crippen molar-refractivity contribution in [2.45, 2.75) is 9.79 Å². The van der Waals surface area contributed by atoms with Gasteiger partial charge in [0.15, 0.2) is 0 Å². The summed E-state index contributed by atoms with van der Waals surface area (Å²) in [5.41, 5.74) is -0.00161. The van der Waals surface area contributed by atoms with Gasteiger partial charge >= 0.3 is 5.97 Å². The number of benzene rings is 4. The van der Waals surface area contributed by atoms with Crippen molar-refractivity contribution < 1.29 is 22.9 Å². The molecule has 0 bridgehead atoms. The van der Waals surface area contributed by atoms with Crippen LogP contribution >= 0.6 is 0 Å². The van der Waals surface area contributed by atoms with Crippen LogP contribution < -0.4 is 4.74 Å². The molecule has 4 rings (SSSR count). The highest BCUT2D eigenvalue weighted by atomic mass is 32.2. The first-order valence-electron chi connectivity index (χ1n) is 9.15. The molecular weight excluding hydrogens is 418 g/mol. The Morgan fingerprint density at radius 1 is 0.774 bits per heavy atom. The van der Waals surface area contributed by atoms with Gasteiger partial charge in [-0.25, -0.2) is 13.2 Å². The van der Waals surface area contributed by atoms with Crippen LogP contribution in [0.1, 0.15) is 10.4 Å². The fourth-order valence-corrected chi connectivity index (χ4v) is 4.34. The first-order chi connectivity index (χ1) is 14.8. The lowest BCUT2D eigenvalue weighted by Crippen LogP contribution is -2.09. The normalized spacial score (nSPS) is 11.2. The van der Waals surface area contributed by atoms with Crippen LogP contribution in [0.3, 0.4) is 0 Å². The zero-order valence-corrected chi connectivity index (χ0v) is 16.8. The summed E-state index contributed by atoms with van der Waals surface area (Å²) in [5.74, 6) is -0.555. The molecule has 4 aromatic carbocycles. The van der Waals surface area contributed by atoms with E-state index in [0.29, 0.717) is 0 Å². The number of nitrogens with zero attached hydrogens (tertiary/aromatic N) is 1. The summed E-state index contributed by atoms with van der Waals surface area (Å²) in [6, 6.07) is 22.9. The van der Waals surface area contributed by atoms with Crippen molar-refractivity contribution in [3.63, 3.8) is 0 Å². The molecule has 0 aliphatic heterocycles. The summed E-state index contributed by atoms with van der Waals surface area (Å²) >= 11 is 0. The lowest BCUT2D eigenvalue weighted by molar-refractivity contribution is -0.384. The molecule has 0 radical (unpaired) electrons. The molecule has 0 aliphatic rings. The van der Waals surface area contributed by atoms with Gasteiger partial charge in [0.1, 0.15) is 5.75 Å². The third-order valence-corrected chi connectivity index (χ3v) is 6.46. The van der Waals surface area contributed by atoms with Gasteiger partial charge in [0.05, 0.1) is 20.3 Å². The molecule has 8 heteroatoms. The predicted octanol–water partition coefficient (Wildman–Crippen LogP) is 4.80. The summed E-state index contributed by atoms with van der Waals surface area (Å²) in [6.45, 7) is 0. The van der Waals surface area contributed by atoms with Gasteiger partial charge in [-0.3, -0.25) is 10.1 Å². The second kappa shape index (κ2) is 8.00. The standard InChI is InChI=1S/C23H15NO6S/c25-23(17-5-8-19(9-6-17)24(26)27)30-20-10-13-21(14-11-20)31(28,29)22-12-7-16-3-1-2-4-18(16)15-22/h1-15H. The number of ether oxygens (including phenoxy) is 1. The number of hydrogen-bond donors (Lipinski definition) is 0. The third-order valence-electron chi connectivity index (χ3n) is 4.69. The molecule has 0 atom stereocenters. The summed E-state index contributed by atoms with van der Waals surface area (Å²) < 4.78 is 31.1. The topological polar surface area (TPSA) is 104 Å². The summed E-state index contributed by atoms with van der Waals surface area (Å²) in [6.07, 6.45) is 0. The maximum atomic E-state index is 13.0. The van der Waals surface area contributed by atoms with E-state index in [-0.39, 0.29) is 26.8 Å². The van der Waals surface area contributed by atoms with E-state index < -0.39 is 20.7 Å². The average molecular weight is 433 g/mol. The van der Waals surface area contributed by atoms with Crippen molar-refractivity contribution >= 4 is 32.3 Å². The van der Waals surface area contributed by atoms with E-state index >= 15 is 0 Å². The quantitative estimate of drug-likeness (QED) is 0.194. The minimum atomic E-state index is -3.75. The third kappa shape index (κ3) is 4.15. The van der Waals surface area contributed by atoms with Gasteiger partial charge < -0.3 is 4.74 Å². The van der Waals surface area contributed by atoms with Gasteiger partial charge in [-0.2, -0.15) is 0 Å². The highest BCUT2D eigenvalue weighted by molar-refractivity contribution is 7.91. The Morgan fingerprint density at radius 3 is 2.03 bits per heavy atom. The highest BCUT2D eigenvalue weighted by Gasteiger charge is 2.19. The minimum absolute atomic E-state index is 0.0675. The zero-order valence-electron chi connectivity index (χ0n) is 16.0. The summed E-state index contributed by atoms with van der Waals surface area (Å²) in [7, 11) is -3.75. The number of nitro groups is 1. The van der Waals surface area contributed by atoms with Gasteiger partial charge in [0, 0.05) is 12.1 Å². The van der Waals surface area contributed by atoms with Crippen molar-refractivity contribution in [1.29, 1.82) is 0 Å². The van der Waals surface area contributed by atoms with Crippen LogP contribution in [0.2, 0.25) is 0 Å². The molecule has 31 heavy (non-hydrogen) atoms. The van der Waals surface area contributed by atoms with Crippen molar-refractivity contribution in [2.75, 3.05) is 0 Å². The van der Waals surface area contributed by atoms with Crippen LogP contribution in [-0.2, 0) is 9.84 Å². The Balaban J connectivity index is 1.54. The van der Waals surface area contributed by atoms with E-state index in [1.807, 2.05) is 24.3 Å². The molecule has 0 unspecified atom stereocenters. The number of hydrogen-bond acceptors (Lipinski definition) is 6. The van der Waals surface area contributed by atoms with Crippen LogP contribution in [0, 0.1) is 10.1 Å². The molecule has 0 amide bonds. The number of rotatable bonds is 5. The summed E-state index contributed by atoms with van der Waals surface area (Å²) in [4.78, 5) is 22.6. The highest BCUT2D eigenvalue weighted by Crippen LogP contribution is 2.26. The van der Waals surface area contributed by atoms with E-state index in [1.165, 1.54) is 48.5 Å². The van der Waals surface area contributed by atoms with E-state index in [4.69, 9.17) is 4.74 Å². The molecule has 0 fully saturated rings. The molecule has 4 aromatic rings. The Labute approximate surface area is 177 Å². The van der Waals surface area contributed by atoms with Crippen LogP contribution in [0.4, 0.5) is 5.69 Å². The Morgan fingerprint density at radius 2 is 1.39 bits per heavy atom. The van der Waals surface area contributed by atoms with Gasteiger partial charge in [0.2, 0.25) is 9.84 Å². The van der Waals surface area contributed by atoms with Crippen LogP contribution in [0.15, 0.2) is 101 Å². The molecular formula is C23H15NO6S. The van der Waals surface area contributed by atoms with E-state index in [0.717, 1.165) is 10.8 Å².